The molecule has 0 atom stereocenters. The van der Waals surface area contributed by atoms with Gasteiger partial charge in [-0.15, -0.1) is 0 Å². The third-order valence-electron chi connectivity index (χ3n) is 23.1. The lowest BCUT2D eigenvalue weighted by Crippen LogP contribution is -2.23. The zero-order valence-electron chi connectivity index (χ0n) is 57.8. The van der Waals surface area contributed by atoms with Crippen LogP contribution in [0.3, 0.4) is 0 Å². The Morgan fingerprint density at radius 1 is 0.133 bits per heavy atom. The minimum Gasteiger partial charge on any atom is -0.0776 e. The van der Waals surface area contributed by atoms with E-state index in [2.05, 4.69) is 340 Å². The van der Waals surface area contributed by atoms with Crippen molar-refractivity contribution < 1.29 is 0 Å². The van der Waals surface area contributed by atoms with Crippen LogP contribution >= 0.6 is 31.7 Å². The molecule has 0 fully saturated rings. The van der Waals surface area contributed by atoms with Crippen LogP contribution in [0, 0.1) is 0 Å². The second-order valence-corrected chi connectivity index (χ2v) is 37.7. The molecule has 0 aliphatic carbocycles. The van der Waals surface area contributed by atoms with Crippen LogP contribution in [0.15, 0.2) is 340 Å². The quantitative estimate of drug-likeness (QED) is 0.154. The average Bonchev–Trinajstić information content (AvgIpc) is 1.70. The zero-order valence-corrected chi connectivity index (χ0v) is 61.4. The van der Waals surface area contributed by atoms with Crippen LogP contribution in [0.5, 0.6) is 0 Å². The van der Waals surface area contributed by atoms with E-state index >= 15 is 0 Å². The van der Waals surface area contributed by atoms with Gasteiger partial charge in [-0.25, -0.2) is 0 Å². The summed E-state index contributed by atoms with van der Waals surface area (Å²) in [6.07, 6.45) is 8.79. The first kappa shape index (κ1) is 64.4. The average molecular weight is 1410 g/mol. The van der Waals surface area contributed by atoms with Crippen molar-refractivity contribution >= 4 is 139 Å². The van der Waals surface area contributed by atoms with Gasteiger partial charge in [0.1, 0.15) is 0 Å². The Balaban J connectivity index is 0.000000138. The standard InChI is InChI=1S/2C50H36P2.CH4/c2*1-5-15-41-33(11-1)21-25-37-29-51(30-38-26-22-34-12-2-6-16-42(34)48(38)47(37)41)45-19-9-10-20-46(45)52-31-39-27-23-35-13-3-7-17-43(35)49(39)50-40(32-52)28-24-36-14-4-8-18-44(36)50;/h2*1-28H,29-32H2;1H4. The molecule has 4 aliphatic heterocycles. The molecule has 18 aromatic rings. The molecule has 4 heteroatoms. The lowest BCUT2D eigenvalue weighted by atomic mass is 9.88. The first-order valence-electron chi connectivity index (χ1n) is 36.8. The minimum absolute atomic E-state index is 0. The van der Waals surface area contributed by atoms with E-state index in [1.165, 1.54) is 175 Å². The van der Waals surface area contributed by atoms with Gasteiger partial charge in [-0.3, -0.25) is 0 Å². The Bertz CT molecular complexity index is 5420. The normalized spacial score (nSPS) is 14.3. The molecule has 0 N–H and O–H groups in total. The highest BCUT2D eigenvalue weighted by Gasteiger charge is 2.34. The molecule has 0 saturated heterocycles. The number of benzene rings is 18. The van der Waals surface area contributed by atoms with Crippen molar-refractivity contribution in [3.8, 4) is 44.5 Å². The lowest BCUT2D eigenvalue weighted by Gasteiger charge is -2.26. The SMILES string of the molecule is C.c1ccc(P2Cc3ccc4ccccc4c3-c3c(ccc4ccccc34)C2)c(P2Cc3ccc4ccccc4c3-c3c(ccc4ccccc34)C2)c1.c1ccc(P2Cc3ccc4ccccc4c3-c3c(ccc4ccccc34)C2)c(P2Cc3ccc4ccccc4c3-c3c(ccc4ccccc34)C2)c1. The van der Waals surface area contributed by atoms with Crippen molar-refractivity contribution in [2.45, 2.75) is 56.7 Å². The topological polar surface area (TPSA) is 0 Å². The van der Waals surface area contributed by atoms with Gasteiger partial charge < -0.3 is 0 Å². The summed E-state index contributed by atoms with van der Waals surface area (Å²) in [4.78, 5) is 0. The Morgan fingerprint density at radius 2 is 0.257 bits per heavy atom. The summed E-state index contributed by atoms with van der Waals surface area (Å²) in [5.74, 6) is 0. The van der Waals surface area contributed by atoms with Crippen LogP contribution in [0.2, 0.25) is 0 Å². The fourth-order valence-corrected chi connectivity index (χ4v) is 30.2. The predicted molar refractivity (Wildman–Crippen MR) is 463 cm³/mol. The van der Waals surface area contributed by atoms with E-state index in [-0.39, 0.29) is 7.43 Å². The Kier molecular flexibility index (Phi) is 16.4. The van der Waals surface area contributed by atoms with E-state index in [9.17, 15) is 0 Å². The van der Waals surface area contributed by atoms with Crippen LogP contribution < -0.4 is 21.2 Å². The maximum Gasteiger partial charge on any atom is -0.00232 e. The molecule has 500 valence electrons. The third-order valence-corrected chi connectivity index (χ3v) is 33.6. The van der Waals surface area contributed by atoms with Crippen molar-refractivity contribution in [3.63, 3.8) is 0 Å². The highest BCUT2D eigenvalue weighted by atomic mass is 31.1. The molecule has 105 heavy (non-hydrogen) atoms. The highest BCUT2D eigenvalue weighted by Crippen LogP contribution is 2.60. The van der Waals surface area contributed by atoms with Gasteiger partial charge in [0.25, 0.3) is 0 Å². The van der Waals surface area contributed by atoms with Crippen molar-refractivity contribution in [1.82, 2.24) is 0 Å². The van der Waals surface area contributed by atoms with Crippen molar-refractivity contribution in [2.24, 2.45) is 0 Å². The van der Waals surface area contributed by atoms with Crippen LogP contribution in [-0.4, -0.2) is 0 Å². The Hall–Kier alpha value is -10.2. The summed E-state index contributed by atoms with van der Waals surface area (Å²) in [6, 6.07) is 130. The molecule has 0 unspecified atom stereocenters. The minimum atomic E-state index is -0.507. The number of hydrogen-bond acceptors (Lipinski definition) is 0. The molecule has 0 saturated carbocycles. The number of fused-ring (bicyclic) bond motifs is 28. The molecular weight excluding hydrogens is 1340 g/mol. The Morgan fingerprint density at radius 3 is 0.400 bits per heavy atom. The predicted octanol–water partition coefficient (Wildman–Crippen LogP) is 27.2. The maximum atomic E-state index is 2.50. The number of hydrogen-bond donors (Lipinski definition) is 0. The highest BCUT2D eigenvalue weighted by molar-refractivity contribution is 7.71. The molecule has 0 bridgehead atoms. The fraction of sp³-hybridized carbons (Fsp3) is 0.0891. The summed E-state index contributed by atoms with van der Waals surface area (Å²) >= 11 is 0. The van der Waals surface area contributed by atoms with Crippen LogP contribution in [0.4, 0.5) is 0 Å². The lowest BCUT2D eigenvalue weighted by molar-refractivity contribution is 1.39. The van der Waals surface area contributed by atoms with Gasteiger partial charge in [0.15, 0.2) is 0 Å². The molecule has 0 aromatic heterocycles. The fourth-order valence-electron chi connectivity index (χ4n) is 18.5. The second-order valence-electron chi connectivity index (χ2n) is 29.0. The van der Waals surface area contributed by atoms with Crippen LogP contribution in [0.25, 0.3) is 131 Å². The van der Waals surface area contributed by atoms with Crippen LogP contribution in [0.1, 0.15) is 51.9 Å². The molecule has 0 radical (unpaired) electrons. The van der Waals surface area contributed by atoms with Gasteiger partial charge in [0, 0.05) is 0 Å². The van der Waals surface area contributed by atoms with Gasteiger partial charge in [0.05, 0.1) is 0 Å². The van der Waals surface area contributed by atoms with Gasteiger partial charge >= 0.3 is 0 Å². The largest absolute Gasteiger partial charge is 0.0776 e. The van der Waals surface area contributed by atoms with E-state index in [0.717, 1.165) is 49.3 Å². The molecule has 18 aromatic carbocycles. The van der Waals surface area contributed by atoms with Crippen molar-refractivity contribution in [2.75, 3.05) is 0 Å². The summed E-state index contributed by atoms with van der Waals surface area (Å²) < 4.78 is 0. The summed E-state index contributed by atoms with van der Waals surface area (Å²) in [7, 11) is -2.03. The van der Waals surface area contributed by atoms with Crippen molar-refractivity contribution in [3.05, 3.63) is 384 Å². The van der Waals surface area contributed by atoms with Crippen molar-refractivity contribution in [1.29, 1.82) is 0 Å². The van der Waals surface area contributed by atoms with E-state index in [1.807, 2.05) is 0 Å². The monoisotopic (exact) mass is 1410 g/mol. The molecule has 0 nitrogen and oxygen atoms in total. The van der Waals surface area contributed by atoms with Gasteiger partial charge in [-0.1, -0.05) is 379 Å². The zero-order chi connectivity index (χ0) is 68.3. The van der Waals surface area contributed by atoms with Gasteiger partial charge in [0.2, 0.25) is 0 Å². The van der Waals surface area contributed by atoms with E-state index in [4.69, 9.17) is 0 Å². The third kappa shape index (κ3) is 11.0. The van der Waals surface area contributed by atoms with E-state index in [0.29, 0.717) is 0 Å². The van der Waals surface area contributed by atoms with E-state index in [1.54, 1.807) is 21.2 Å². The summed E-state index contributed by atoms with van der Waals surface area (Å²) in [6.45, 7) is 0. The maximum absolute atomic E-state index is 2.50. The van der Waals surface area contributed by atoms with Gasteiger partial charge in [-0.2, -0.15) is 0 Å². The summed E-state index contributed by atoms with van der Waals surface area (Å²) in [5.41, 5.74) is 23.6. The molecule has 4 aliphatic rings. The first-order valence-corrected chi connectivity index (χ1v) is 43.7. The Labute approximate surface area is 620 Å². The number of rotatable bonds is 4. The summed E-state index contributed by atoms with van der Waals surface area (Å²) in [5, 5.41) is 28.1. The molecule has 0 amide bonds. The molecule has 0 spiro atoms. The first-order chi connectivity index (χ1) is 51.6. The molecule has 4 heterocycles. The van der Waals surface area contributed by atoms with Gasteiger partial charge in [-0.05, 0) is 246 Å². The smallest absolute Gasteiger partial charge is 0.00232 e. The molecule has 22 rings (SSSR count). The van der Waals surface area contributed by atoms with E-state index < -0.39 is 31.7 Å². The molecular formula is C101H76P4. The van der Waals surface area contributed by atoms with Crippen LogP contribution in [-0.2, 0) is 49.3 Å². The second kappa shape index (κ2) is 26.7.